The van der Waals surface area contributed by atoms with E-state index in [1.54, 1.807) is 11.0 Å². The summed E-state index contributed by atoms with van der Waals surface area (Å²) in [4.78, 5) is 17.4. The van der Waals surface area contributed by atoms with Crippen LogP contribution < -0.4 is 0 Å². The molecule has 0 spiro atoms. The number of hydrogen-bond acceptors (Lipinski definition) is 2. The lowest BCUT2D eigenvalue weighted by Crippen LogP contribution is -2.36. The molecule has 1 aliphatic rings. The summed E-state index contributed by atoms with van der Waals surface area (Å²) in [6.45, 7) is 2.25. The van der Waals surface area contributed by atoms with Crippen molar-refractivity contribution in [2.24, 2.45) is 0 Å². The van der Waals surface area contributed by atoms with Crippen molar-refractivity contribution in [3.63, 3.8) is 0 Å². The SMILES string of the molecule is Cc1[nH]c2ccc(F)cc2c1CC(=O)N(CCO)C1CC1. The molecular weight excluding hydrogens is 271 g/mol. The zero-order chi connectivity index (χ0) is 15.0. The number of benzene rings is 1. The summed E-state index contributed by atoms with van der Waals surface area (Å²) in [7, 11) is 0. The lowest BCUT2D eigenvalue weighted by atomic mass is 10.1. The van der Waals surface area contributed by atoms with Gasteiger partial charge in [0.2, 0.25) is 5.91 Å². The number of nitrogens with zero attached hydrogens (tertiary/aromatic N) is 1. The first kappa shape index (κ1) is 14.1. The molecule has 1 fully saturated rings. The van der Waals surface area contributed by atoms with Gasteiger partial charge in [0.1, 0.15) is 5.82 Å². The molecule has 3 rings (SSSR count). The highest BCUT2D eigenvalue weighted by atomic mass is 19.1. The van der Waals surface area contributed by atoms with Gasteiger partial charge in [0, 0.05) is 29.2 Å². The minimum absolute atomic E-state index is 0.000175. The third kappa shape index (κ3) is 2.78. The second-order valence-corrected chi connectivity index (χ2v) is 5.64. The first-order valence-electron chi connectivity index (χ1n) is 7.27. The fourth-order valence-corrected chi connectivity index (χ4v) is 2.84. The van der Waals surface area contributed by atoms with Gasteiger partial charge < -0.3 is 15.0 Å². The zero-order valence-corrected chi connectivity index (χ0v) is 12.0. The number of fused-ring (bicyclic) bond motifs is 1. The van der Waals surface area contributed by atoms with Crippen LogP contribution in [0.1, 0.15) is 24.1 Å². The van der Waals surface area contributed by atoms with E-state index in [2.05, 4.69) is 4.98 Å². The van der Waals surface area contributed by atoms with Gasteiger partial charge in [-0.1, -0.05) is 0 Å². The van der Waals surface area contributed by atoms with Crippen molar-refractivity contribution in [1.82, 2.24) is 9.88 Å². The van der Waals surface area contributed by atoms with Crippen LogP contribution in [0.5, 0.6) is 0 Å². The number of aryl methyl sites for hydroxylation is 1. The summed E-state index contributed by atoms with van der Waals surface area (Å²) in [5.41, 5.74) is 2.58. The summed E-state index contributed by atoms with van der Waals surface area (Å²) in [6, 6.07) is 4.84. The third-order valence-electron chi connectivity index (χ3n) is 4.06. The molecule has 112 valence electrons. The van der Waals surface area contributed by atoms with Crippen LogP contribution in [0.3, 0.4) is 0 Å². The van der Waals surface area contributed by atoms with E-state index in [1.807, 2.05) is 6.92 Å². The second-order valence-electron chi connectivity index (χ2n) is 5.64. The first-order valence-corrected chi connectivity index (χ1v) is 7.27. The predicted octanol–water partition coefficient (Wildman–Crippen LogP) is 2.14. The number of aromatic amines is 1. The minimum atomic E-state index is -0.301. The molecule has 1 aliphatic carbocycles. The Labute approximate surface area is 122 Å². The Hall–Kier alpha value is -1.88. The highest BCUT2D eigenvalue weighted by Gasteiger charge is 2.32. The highest BCUT2D eigenvalue weighted by molar-refractivity contribution is 5.90. The van der Waals surface area contributed by atoms with Crippen molar-refractivity contribution in [2.45, 2.75) is 32.2 Å². The molecule has 21 heavy (non-hydrogen) atoms. The van der Waals surface area contributed by atoms with Crippen LogP contribution >= 0.6 is 0 Å². The number of carbonyl (C=O) groups excluding carboxylic acids is 1. The maximum absolute atomic E-state index is 13.4. The van der Waals surface area contributed by atoms with Crippen molar-refractivity contribution in [3.05, 3.63) is 35.3 Å². The number of aromatic nitrogens is 1. The average Bonchev–Trinajstić information content (AvgIpc) is 3.24. The van der Waals surface area contributed by atoms with E-state index >= 15 is 0 Å². The Balaban J connectivity index is 1.88. The quantitative estimate of drug-likeness (QED) is 0.886. The van der Waals surface area contributed by atoms with Crippen LogP contribution in [0.4, 0.5) is 4.39 Å². The molecule has 1 heterocycles. The first-order chi connectivity index (χ1) is 10.1. The molecule has 0 bridgehead atoms. The van der Waals surface area contributed by atoms with E-state index in [1.165, 1.54) is 12.1 Å². The van der Waals surface area contributed by atoms with Crippen molar-refractivity contribution in [1.29, 1.82) is 0 Å². The molecule has 0 radical (unpaired) electrons. The predicted molar refractivity (Wildman–Crippen MR) is 78.5 cm³/mol. The van der Waals surface area contributed by atoms with Gasteiger partial charge in [-0.05, 0) is 43.5 Å². The average molecular weight is 290 g/mol. The molecule has 5 heteroatoms. The zero-order valence-electron chi connectivity index (χ0n) is 12.0. The largest absolute Gasteiger partial charge is 0.395 e. The molecule has 0 unspecified atom stereocenters. The van der Waals surface area contributed by atoms with E-state index in [0.717, 1.165) is 35.0 Å². The van der Waals surface area contributed by atoms with Crippen molar-refractivity contribution >= 4 is 16.8 Å². The van der Waals surface area contributed by atoms with Gasteiger partial charge in [0.05, 0.1) is 13.0 Å². The fourth-order valence-electron chi connectivity index (χ4n) is 2.84. The number of aliphatic hydroxyl groups is 1. The van der Waals surface area contributed by atoms with Crippen molar-refractivity contribution in [3.8, 4) is 0 Å². The van der Waals surface area contributed by atoms with Crippen LogP contribution in [0.25, 0.3) is 10.9 Å². The molecule has 2 N–H and O–H groups in total. The molecule has 1 amide bonds. The Morgan fingerprint density at radius 1 is 1.48 bits per heavy atom. The van der Waals surface area contributed by atoms with E-state index in [4.69, 9.17) is 5.11 Å². The number of nitrogens with one attached hydrogen (secondary N) is 1. The van der Waals surface area contributed by atoms with Gasteiger partial charge in [-0.3, -0.25) is 4.79 Å². The molecule has 1 saturated carbocycles. The second kappa shape index (κ2) is 5.48. The van der Waals surface area contributed by atoms with Gasteiger partial charge in [-0.15, -0.1) is 0 Å². The summed E-state index contributed by atoms with van der Waals surface area (Å²) < 4.78 is 13.4. The van der Waals surface area contributed by atoms with Gasteiger partial charge in [0.25, 0.3) is 0 Å². The lowest BCUT2D eigenvalue weighted by Gasteiger charge is -2.21. The number of H-pyrrole nitrogens is 1. The normalized spacial score (nSPS) is 14.6. The lowest BCUT2D eigenvalue weighted by molar-refractivity contribution is -0.131. The summed E-state index contributed by atoms with van der Waals surface area (Å²) in [6.07, 6.45) is 2.26. The number of carbonyl (C=O) groups is 1. The number of amides is 1. The Bertz CT molecular complexity index is 676. The molecule has 2 aromatic rings. The van der Waals surface area contributed by atoms with Crippen molar-refractivity contribution in [2.75, 3.05) is 13.2 Å². The van der Waals surface area contributed by atoms with Crippen molar-refractivity contribution < 1.29 is 14.3 Å². The fraction of sp³-hybridized carbons (Fsp3) is 0.438. The standard InChI is InChI=1S/C16H19FN2O2/c1-10-13(14-8-11(17)2-5-15(14)18-10)9-16(21)19(6-7-20)12-3-4-12/h2,5,8,12,18,20H,3-4,6-7,9H2,1H3. The smallest absolute Gasteiger partial charge is 0.227 e. The molecular formula is C16H19FN2O2. The third-order valence-corrected chi connectivity index (χ3v) is 4.06. The van der Waals surface area contributed by atoms with Crippen LogP contribution in [-0.2, 0) is 11.2 Å². The van der Waals surface area contributed by atoms with Crippen LogP contribution in [0.15, 0.2) is 18.2 Å². The topological polar surface area (TPSA) is 56.3 Å². The molecule has 1 aromatic carbocycles. The number of halogens is 1. The monoisotopic (exact) mass is 290 g/mol. The van der Waals surface area contributed by atoms with Crippen LogP contribution in [0.2, 0.25) is 0 Å². The van der Waals surface area contributed by atoms with Gasteiger partial charge >= 0.3 is 0 Å². The molecule has 1 aromatic heterocycles. The van der Waals surface area contributed by atoms with E-state index < -0.39 is 0 Å². The van der Waals surface area contributed by atoms with E-state index in [9.17, 15) is 9.18 Å². The number of hydrogen-bond donors (Lipinski definition) is 2. The maximum atomic E-state index is 13.4. The van der Waals surface area contributed by atoms with Gasteiger partial charge in [-0.25, -0.2) is 4.39 Å². The van der Waals surface area contributed by atoms with Crippen LogP contribution in [-0.4, -0.2) is 40.1 Å². The van der Waals surface area contributed by atoms with Gasteiger partial charge in [0.15, 0.2) is 0 Å². The molecule has 0 aliphatic heterocycles. The Morgan fingerprint density at radius 2 is 2.24 bits per heavy atom. The number of aliphatic hydroxyl groups excluding tert-OH is 1. The van der Waals surface area contributed by atoms with Crippen LogP contribution in [0, 0.1) is 12.7 Å². The molecule has 0 saturated heterocycles. The minimum Gasteiger partial charge on any atom is -0.395 e. The van der Waals surface area contributed by atoms with Gasteiger partial charge in [-0.2, -0.15) is 0 Å². The van der Waals surface area contributed by atoms with E-state index in [0.29, 0.717) is 6.54 Å². The summed E-state index contributed by atoms with van der Waals surface area (Å²) >= 11 is 0. The summed E-state index contributed by atoms with van der Waals surface area (Å²) in [5, 5.41) is 9.87. The summed E-state index contributed by atoms with van der Waals surface area (Å²) in [5.74, 6) is -0.301. The molecule has 0 atom stereocenters. The number of rotatable bonds is 5. The maximum Gasteiger partial charge on any atom is 0.227 e. The highest BCUT2D eigenvalue weighted by Crippen LogP contribution is 2.29. The van der Waals surface area contributed by atoms with E-state index in [-0.39, 0.29) is 30.8 Å². The molecule has 4 nitrogen and oxygen atoms in total. The Morgan fingerprint density at radius 3 is 2.90 bits per heavy atom. The Kier molecular flexibility index (Phi) is 3.68.